The summed E-state index contributed by atoms with van der Waals surface area (Å²) in [5.74, 6) is 1.09. The van der Waals surface area contributed by atoms with E-state index in [2.05, 4.69) is 5.32 Å². The van der Waals surface area contributed by atoms with Crippen molar-refractivity contribution < 1.29 is 14.3 Å². The molecule has 2 saturated heterocycles. The highest BCUT2D eigenvalue weighted by Crippen LogP contribution is 2.29. The van der Waals surface area contributed by atoms with Crippen molar-refractivity contribution in [2.45, 2.75) is 31.8 Å². The van der Waals surface area contributed by atoms with E-state index in [-0.39, 0.29) is 11.7 Å². The summed E-state index contributed by atoms with van der Waals surface area (Å²) in [5.41, 5.74) is 1.82. The van der Waals surface area contributed by atoms with E-state index >= 15 is 0 Å². The quantitative estimate of drug-likeness (QED) is 0.857. The zero-order valence-electron chi connectivity index (χ0n) is 12.0. The minimum Gasteiger partial charge on any atom is -0.497 e. The second-order valence-electron chi connectivity index (χ2n) is 5.81. The summed E-state index contributed by atoms with van der Waals surface area (Å²) in [6.07, 6.45) is 1.73. The van der Waals surface area contributed by atoms with E-state index in [4.69, 9.17) is 9.47 Å². The topological polar surface area (TPSA) is 47.6 Å². The molecule has 0 saturated carbocycles. The van der Waals surface area contributed by atoms with Crippen molar-refractivity contribution in [1.82, 2.24) is 5.32 Å². The lowest BCUT2D eigenvalue weighted by atomic mass is 9.81. The number of nitrogens with one attached hydrogen (secondary N) is 1. The molecule has 20 heavy (non-hydrogen) atoms. The molecule has 0 amide bonds. The summed E-state index contributed by atoms with van der Waals surface area (Å²) in [4.78, 5) is 12.8. The maximum atomic E-state index is 12.8. The second-order valence-corrected chi connectivity index (χ2v) is 5.81. The molecule has 2 fully saturated rings. The predicted molar refractivity (Wildman–Crippen MR) is 76.3 cm³/mol. The van der Waals surface area contributed by atoms with Crippen LogP contribution in [0, 0.1) is 12.8 Å². The van der Waals surface area contributed by atoms with Gasteiger partial charge >= 0.3 is 0 Å². The van der Waals surface area contributed by atoms with Crippen LogP contribution < -0.4 is 10.1 Å². The molecule has 0 aliphatic carbocycles. The lowest BCUT2D eigenvalue weighted by molar-refractivity contribution is 0.00951. The van der Waals surface area contributed by atoms with Gasteiger partial charge in [-0.2, -0.15) is 0 Å². The first kappa shape index (κ1) is 13.6. The number of hydrogen-bond acceptors (Lipinski definition) is 4. The van der Waals surface area contributed by atoms with Crippen molar-refractivity contribution in [2.24, 2.45) is 5.92 Å². The molecule has 1 aromatic carbocycles. The minimum atomic E-state index is 0.0981. The Morgan fingerprint density at radius 1 is 1.30 bits per heavy atom. The van der Waals surface area contributed by atoms with E-state index in [1.165, 1.54) is 0 Å². The molecule has 2 aliphatic rings. The SMILES string of the molecule is COc1ccc(C)c(C(=O)C2CC3COCC(C2)N3)c1. The third-order valence-electron chi connectivity index (χ3n) is 4.33. The molecular formula is C16H21NO3. The Morgan fingerprint density at radius 3 is 2.65 bits per heavy atom. The van der Waals surface area contributed by atoms with Gasteiger partial charge in [0, 0.05) is 23.6 Å². The van der Waals surface area contributed by atoms with Gasteiger partial charge in [0.05, 0.1) is 20.3 Å². The van der Waals surface area contributed by atoms with Crippen LogP contribution in [0.5, 0.6) is 5.75 Å². The normalized spacial score (nSPS) is 29.0. The first-order valence-electron chi connectivity index (χ1n) is 7.20. The number of Topliss-reactive ketones (excluding diaryl/α,β-unsaturated/α-hetero) is 1. The van der Waals surface area contributed by atoms with Crippen LogP contribution in [-0.2, 0) is 4.74 Å². The minimum absolute atomic E-state index is 0.0981. The molecule has 108 valence electrons. The number of rotatable bonds is 3. The Morgan fingerprint density at radius 2 is 2.00 bits per heavy atom. The fraction of sp³-hybridized carbons (Fsp3) is 0.562. The molecule has 0 radical (unpaired) electrons. The van der Waals surface area contributed by atoms with Crippen molar-refractivity contribution in [3.8, 4) is 5.75 Å². The maximum absolute atomic E-state index is 12.8. The van der Waals surface area contributed by atoms with Crippen molar-refractivity contribution in [3.05, 3.63) is 29.3 Å². The number of fused-ring (bicyclic) bond motifs is 2. The van der Waals surface area contributed by atoms with Crippen LogP contribution in [0.3, 0.4) is 0 Å². The summed E-state index contributed by atoms with van der Waals surface area (Å²) in [6.45, 7) is 3.42. The van der Waals surface area contributed by atoms with Gasteiger partial charge in [0.1, 0.15) is 5.75 Å². The van der Waals surface area contributed by atoms with Crippen molar-refractivity contribution in [1.29, 1.82) is 0 Å². The summed E-state index contributed by atoms with van der Waals surface area (Å²) in [6, 6.07) is 6.37. The maximum Gasteiger partial charge on any atom is 0.166 e. The van der Waals surface area contributed by atoms with Crippen molar-refractivity contribution in [3.63, 3.8) is 0 Å². The van der Waals surface area contributed by atoms with Crippen LogP contribution >= 0.6 is 0 Å². The number of benzene rings is 1. The van der Waals surface area contributed by atoms with Crippen LogP contribution in [0.25, 0.3) is 0 Å². The molecule has 2 bridgehead atoms. The Bertz CT molecular complexity index is 502. The average molecular weight is 275 g/mol. The van der Waals surface area contributed by atoms with Crippen molar-refractivity contribution >= 4 is 5.78 Å². The number of piperidine rings is 1. The monoisotopic (exact) mass is 275 g/mol. The van der Waals surface area contributed by atoms with E-state index in [1.807, 2.05) is 25.1 Å². The van der Waals surface area contributed by atoms with Gasteiger partial charge in [-0.1, -0.05) is 6.07 Å². The third-order valence-corrected chi connectivity index (χ3v) is 4.33. The van der Waals surface area contributed by atoms with Gasteiger partial charge in [-0.3, -0.25) is 4.79 Å². The van der Waals surface area contributed by atoms with Gasteiger partial charge in [0.25, 0.3) is 0 Å². The highest BCUT2D eigenvalue weighted by atomic mass is 16.5. The van der Waals surface area contributed by atoms with E-state index < -0.39 is 0 Å². The second kappa shape index (κ2) is 5.54. The molecule has 1 N–H and O–H groups in total. The van der Waals surface area contributed by atoms with Gasteiger partial charge in [0.15, 0.2) is 5.78 Å². The molecule has 1 aromatic rings. The van der Waals surface area contributed by atoms with Crippen LogP contribution in [-0.4, -0.2) is 38.2 Å². The average Bonchev–Trinajstić information content (AvgIpc) is 2.46. The first-order chi connectivity index (χ1) is 9.67. The lowest BCUT2D eigenvalue weighted by Gasteiger charge is -2.39. The zero-order chi connectivity index (χ0) is 14.1. The largest absolute Gasteiger partial charge is 0.497 e. The fourth-order valence-electron chi connectivity index (χ4n) is 3.26. The van der Waals surface area contributed by atoms with E-state index in [0.29, 0.717) is 12.1 Å². The highest BCUT2D eigenvalue weighted by molar-refractivity contribution is 5.99. The molecule has 4 heteroatoms. The number of ketones is 1. The van der Waals surface area contributed by atoms with Crippen LogP contribution in [0.2, 0.25) is 0 Å². The van der Waals surface area contributed by atoms with E-state index in [1.54, 1.807) is 7.11 Å². The molecule has 0 aromatic heterocycles. The number of hydrogen-bond donors (Lipinski definition) is 1. The van der Waals surface area contributed by atoms with Gasteiger partial charge in [-0.05, 0) is 37.5 Å². The molecule has 2 atom stereocenters. The zero-order valence-corrected chi connectivity index (χ0v) is 12.0. The van der Waals surface area contributed by atoms with E-state index in [9.17, 15) is 4.79 Å². The van der Waals surface area contributed by atoms with Gasteiger partial charge < -0.3 is 14.8 Å². The number of ether oxygens (including phenoxy) is 2. The number of methoxy groups -OCH3 is 1. The van der Waals surface area contributed by atoms with Gasteiger partial charge in [0.2, 0.25) is 0 Å². The first-order valence-corrected chi connectivity index (χ1v) is 7.20. The van der Waals surface area contributed by atoms with Gasteiger partial charge in [-0.15, -0.1) is 0 Å². The molecule has 2 aliphatic heterocycles. The van der Waals surface area contributed by atoms with Gasteiger partial charge in [-0.25, -0.2) is 0 Å². The summed E-state index contributed by atoms with van der Waals surface area (Å²) in [5, 5.41) is 3.52. The number of aryl methyl sites for hydroxylation is 1. The molecule has 4 nitrogen and oxygen atoms in total. The fourth-order valence-corrected chi connectivity index (χ4v) is 3.26. The summed E-state index contributed by atoms with van der Waals surface area (Å²) >= 11 is 0. The standard InChI is InChI=1S/C16H21NO3/c1-10-3-4-14(19-2)7-15(10)16(18)11-5-12-8-20-9-13(6-11)17-12/h3-4,7,11-13,17H,5-6,8-9H2,1-2H3. The number of carbonyl (C=O) groups excluding carboxylic acids is 1. The summed E-state index contributed by atoms with van der Waals surface area (Å²) in [7, 11) is 1.63. The Kier molecular flexibility index (Phi) is 3.76. The molecule has 3 rings (SSSR count). The molecular weight excluding hydrogens is 254 g/mol. The third kappa shape index (κ3) is 2.58. The molecule has 2 heterocycles. The number of morpholine rings is 1. The molecule has 2 unspecified atom stereocenters. The predicted octanol–water partition coefficient (Wildman–Crippen LogP) is 1.95. The highest BCUT2D eigenvalue weighted by Gasteiger charge is 2.35. The lowest BCUT2D eigenvalue weighted by Crippen LogP contribution is -2.55. The van der Waals surface area contributed by atoms with Crippen LogP contribution in [0.15, 0.2) is 18.2 Å². The van der Waals surface area contributed by atoms with E-state index in [0.717, 1.165) is 42.9 Å². The van der Waals surface area contributed by atoms with Crippen LogP contribution in [0.4, 0.5) is 0 Å². The Hall–Kier alpha value is -1.39. The summed E-state index contributed by atoms with van der Waals surface area (Å²) < 4.78 is 10.8. The Balaban J connectivity index is 1.81. The van der Waals surface area contributed by atoms with Crippen LogP contribution in [0.1, 0.15) is 28.8 Å². The Labute approximate surface area is 119 Å². The number of carbonyl (C=O) groups is 1. The smallest absolute Gasteiger partial charge is 0.166 e. The van der Waals surface area contributed by atoms with Crippen molar-refractivity contribution in [2.75, 3.05) is 20.3 Å². The molecule has 0 spiro atoms.